The molecule has 3 aromatic carbocycles. The third-order valence-corrected chi connectivity index (χ3v) is 7.52. The van der Waals surface area contributed by atoms with Crippen molar-refractivity contribution in [1.82, 2.24) is 10.2 Å². The fourth-order valence-corrected chi connectivity index (χ4v) is 5.09. The van der Waals surface area contributed by atoms with Crippen molar-refractivity contribution in [3.8, 4) is 11.1 Å². The third-order valence-electron chi connectivity index (χ3n) is 6.39. The second kappa shape index (κ2) is 9.85. The number of rotatable bonds is 7. The number of sulfone groups is 1. The number of nitrogens with zero attached hydrogens (tertiary/aromatic N) is 1. The molecule has 1 aliphatic rings. The van der Waals surface area contributed by atoms with Crippen LogP contribution in [0.5, 0.6) is 0 Å². The predicted molar refractivity (Wildman–Crippen MR) is 130 cm³/mol. The maximum absolute atomic E-state index is 14.8. The van der Waals surface area contributed by atoms with E-state index in [2.05, 4.69) is 5.32 Å². The Labute approximate surface area is 203 Å². The largest absolute Gasteiger partial charge is 0.326 e. The number of amides is 1. The Morgan fingerprint density at radius 3 is 2.14 bits per heavy atom. The van der Waals surface area contributed by atoms with Crippen LogP contribution in [0.1, 0.15) is 30.5 Å². The molecular weight excluding hydrogens is 472 g/mol. The number of halogens is 2. The topological polar surface area (TPSA) is 92.5 Å². The number of nitrogens with two attached hydrogens (primary N) is 1. The second-order valence-electron chi connectivity index (χ2n) is 8.81. The van der Waals surface area contributed by atoms with Crippen molar-refractivity contribution < 1.29 is 22.0 Å². The summed E-state index contributed by atoms with van der Waals surface area (Å²) >= 11 is 0. The van der Waals surface area contributed by atoms with E-state index in [1.165, 1.54) is 12.1 Å². The first kappa shape index (κ1) is 25.0. The van der Waals surface area contributed by atoms with Crippen molar-refractivity contribution in [2.24, 2.45) is 5.73 Å². The summed E-state index contributed by atoms with van der Waals surface area (Å²) in [4.78, 5) is 14.6. The first-order valence-electron chi connectivity index (χ1n) is 11.2. The summed E-state index contributed by atoms with van der Waals surface area (Å²) in [6.45, 7) is 2.00. The summed E-state index contributed by atoms with van der Waals surface area (Å²) in [5.74, 6) is -1.55. The van der Waals surface area contributed by atoms with Crippen molar-refractivity contribution in [3.63, 3.8) is 0 Å². The number of carbonyl (C=O) groups is 1. The fourth-order valence-electron chi connectivity index (χ4n) is 4.46. The van der Waals surface area contributed by atoms with Crippen LogP contribution >= 0.6 is 0 Å². The van der Waals surface area contributed by atoms with E-state index in [1.54, 1.807) is 29.2 Å². The minimum Gasteiger partial charge on any atom is -0.326 e. The summed E-state index contributed by atoms with van der Waals surface area (Å²) < 4.78 is 51.8. The highest BCUT2D eigenvalue weighted by Gasteiger charge is 2.38. The van der Waals surface area contributed by atoms with Crippen LogP contribution in [0.4, 0.5) is 8.78 Å². The van der Waals surface area contributed by atoms with Gasteiger partial charge in [0.25, 0.3) is 0 Å². The molecule has 0 radical (unpaired) electrons. The maximum atomic E-state index is 14.8. The molecule has 3 N–H and O–H groups in total. The Bertz CT molecular complexity index is 1330. The Kier molecular flexibility index (Phi) is 7.02. The quantitative estimate of drug-likeness (QED) is 0.518. The molecule has 4 rings (SSSR count). The van der Waals surface area contributed by atoms with Gasteiger partial charge in [0.2, 0.25) is 5.91 Å². The molecule has 1 unspecified atom stereocenters. The number of nitrogens with one attached hydrogen (secondary N) is 1. The van der Waals surface area contributed by atoms with Crippen molar-refractivity contribution >= 4 is 15.7 Å². The Hall–Kier alpha value is -3.14. The van der Waals surface area contributed by atoms with E-state index in [1.807, 2.05) is 31.2 Å². The lowest BCUT2D eigenvalue weighted by Gasteiger charge is -2.24. The van der Waals surface area contributed by atoms with Crippen molar-refractivity contribution in [3.05, 3.63) is 89.5 Å². The molecule has 0 saturated carbocycles. The Balaban J connectivity index is 1.66. The Morgan fingerprint density at radius 1 is 1.03 bits per heavy atom. The van der Waals surface area contributed by atoms with Gasteiger partial charge in [0.1, 0.15) is 11.6 Å². The van der Waals surface area contributed by atoms with Crippen LogP contribution < -0.4 is 11.1 Å². The standard InChI is InChI=1S/C26H27F2N3O3S/c1-16-13-24(26(32)31(16)15-29)30-25(22-12-9-20(27)14-23(22)28)19-5-3-17(4-6-19)18-7-10-21(11-8-18)35(2,33)34/h3-12,14,16,24-25,30H,13,15,29H2,1-2H3/t16?,24-,25-/m0/s1. The molecule has 1 fully saturated rings. The summed E-state index contributed by atoms with van der Waals surface area (Å²) in [7, 11) is -3.29. The van der Waals surface area contributed by atoms with Crippen LogP contribution in [-0.4, -0.2) is 44.2 Å². The van der Waals surface area contributed by atoms with Gasteiger partial charge in [0.05, 0.1) is 23.6 Å². The minimum absolute atomic E-state index is 0.0546. The molecule has 35 heavy (non-hydrogen) atoms. The van der Waals surface area contributed by atoms with Gasteiger partial charge in [-0.15, -0.1) is 0 Å². The van der Waals surface area contributed by atoms with Crippen LogP contribution in [0.2, 0.25) is 0 Å². The molecule has 1 saturated heterocycles. The van der Waals surface area contributed by atoms with Crippen molar-refractivity contribution in [1.29, 1.82) is 0 Å². The summed E-state index contributed by atoms with van der Waals surface area (Å²) in [6.07, 6.45) is 1.67. The lowest BCUT2D eigenvalue weighted by atomic mass is 9.94. The number of carbonyl (C=O) groups excluding carboxylic acids is 1. The monoisotopic (exact) mass is 499 g/mol. The van der Waals surface area contributed by atoms with Gasteiger partial charge in [0.15, 0.2) is 9.84 Å². The molecule has 1 amide bonds. The lowest BCUT2D eigenvalue weighted by molar-refractivity contribution is -0.130. The maximum Gasteiger partial charge on any atom is 0.241 e. The van der Waals surface area contributed by atoms with Crippen molar-refractivity contribution in [2.75, 3.05) is 12.9 Å². The van der Waals surface area contributed by atoms with E-state index in [9.17, 15) is 22.0 Å². The van der Waals surface area contributed by atoms with Gasteiger partial charge in [-0.1, -0.05) is 42.5 Å². The number of benzene rings is 3. The molecule has 9 heteroatoms. The van der Waals surface area contributed by atoms with E-state index >= 15 is 0 Å². The van der Waals surface area contributed by atoms with Crippen molar-refractivity contribution in [2.45, 2.75) is 36.4 Å². The summed E-state index contributed by atoms with van der Waals surface area (Å²) in [5, 5.41) is 3.26. The zero-order valence-electron chi connectivity index (χ0n) is 19.4. The van der Waals surface area contributed by atoms with Crippen LogP contribution in [0, 0.1) is 11.6 Å². The molecule has 0 aromatic heterocycles. The number of hydrogen-bond donors (Lipinski definition) is 2. The second-order valence-corrected chi connectivity index (χ2v) is 10.8. The van der Waals surface area contributed by atoms with Crippen LogP contribution in [-0.2, 0) is 14.6 Å². The average Bonchev–Trinajstić information content (AvgIpc) is 3.09. The molecule has 0 aliphatic carbocycles. The first-order chi connectivity index (χ1) is 16.6. The van der Waals surface area contributed by atoms with Gasteiger partial charge < -0.3 is 10.6 Å². The lowest BCUT2D eigenvalue weighted by Crippen LogP contribution is -2.43. The predicted octanol–water partition coefficient (Wildman–Crippen LogP) is 3.62. The molecule has 184 valence electrons. The highest BCUT2D eigenvalue weighted by molar-refractivity contribution is 7.90. The SMILES string of the molecule is CC1C[C@H](N[C@@H](c2ccc(-c3ccc(S(C)(=O)=O)cc3)cc2)c2ccc(F)cc2F)C(=O)N1CN. The zero-order chi connectivity index (χ0) is 25.3. The van der Waals surface area contributed by atoms with Gasteiger partial charge in [-0.25, -0.2) is 17.2 Å². The molecular formula is C26H27F2N3O3S. The highest BCUT2D eigenvalue weighted by atomic mass is 32.2. The van der Waals surface area contributed by atoms with Gasteiger partial charge in [-0.2, -0.15) is 0 Å². The zero-order valence-corrected chi connectivity index (χ0v) is 20.2. The molecule has 3 aromatic rings. The smallest absolute Gasteiger partial charge is 0.241 e. The highest BCUT2D eigenvalue weighted by Crippen LogP contribution is 2.30. The average molecular weight is 500 g/mol. The molecule has 1 heterocycles. The third kappa shape index (κ3) is 5.27. The van der Waals surface area contributed by atoms with Gasteiger partial charge in [-0.3, -0.25) is 10.1 Å². The fraction of sp³-hybridized carbons (Fsp3) is 0.269. The van der Waals surface area contributed by atoms with Crippen LogP contribution in [0.15, 0.2) is 71.6 Å². The molecule has 0 spiro atoms. The minimum atomic E-state index is -3.29. The van der Waals surface area contributed by atoms with Crippen LogP contribution in [0.25, 0.3) is 11.1 Å². The van der Waals surface area contributed by atoms with E-state index in [0.29, 0.717) is 12.0 Å². The molecule has 3 atom stereocenters. The molecule has 6 nitrogen and oxygen atoms in total. The van der Waals surface area contributed by atoms with Crippen LogP contribution in [0.3, 0.4) is 0 Å². The van der Waals surface area contributed by atoms with E-state index in [0.717, 1.165) is 23.4 Å². The molecule has 1 aliphatic heterocycles. The van der Waals surface area contributed by atoms with E-state index in [4.69, 9.17) is 5.73 Å². The van der Waals surface area contributed by atoms with Gasteiger partial charge >= 0.3 is 0 Å². The summed E-state index contributed by atoms with van der Waals surface area (Å²) in [5.41, 5.74) is 8.30. The normalized spacial score (nSPS) is 19.2. The van der Waals surface area contributed by atoms with Gasteiger partial charge in [0, 0.05) is 23.9 Å². The number of hydrogen-bond acceptors (Lipinski definition) is 5. The Morgan fingerprint density at radius 2 is 1.63 bits per heavy atom. The van der Waals surface area contributed by atoms with E-state index < -0.39 is 33.6 Å². The summed E-state index contributed by atoms with van der Waals surface area (Å²) in [6, 6.07) is 15.9. The molecule has 0 bridgehead atoms. The van der Waals surface area contributed by atoms with E-state index in [-0.39, 0.29) is 29.1 Å². The van der Waals surface area contributed by atoms with Gasteiger partial charge in [-0.05, 0) is 48.2 Å². The number of likely N-dealkylation sites (tertiary alicyclic amines) is 1. The first-order valence-corrected chi connectivity index (χ1v) is 13.1.